The average molecular weight is 656 g/mol. The van der Waals surface area contributed by atoms with Crippen molar-refractivity contribution in [3.05, 3.63) is 105 Å². The van der Waals surface area contributed by atoms with Crippen molar-refractivity contribution in [3.8, 4) is 11.4 Å². The number of aromatic nitrogens is 3. The standard InChI is InChI=1S/C30H28Cl2N6O5S/c1-18(25-5-3-4-12-34-25)35-30(40)28-23-16-37(27(39)17-44(33,41)42)15-20(13-19-6-9-22(43-2)10-7-19)29(23)38(36-28)26-11-8-21(31)14-24(26)32/h3-14,18H,15-17H2,1-2H3,(H,35,40)(H2,33,41,42)/b20-13+/t18-/m1/s1. The molecule has 5 rings (SSSR count). The Morgan fingerprint density at radius 3 is 2.50 bits per heavy atom. The second-order valence-electron chi connectivity index (χ2n) is 10.1. The fraction of sp³-hybridized carbons (Fsp3) is 0.200. The molecule has 0 radical (unpaired) electrons. The molecule has 2 amide bonds. The molecule has 14 heteroatoms. The Morgan fingerprint density at radius 2 is 1.86 bits per heavy atom. The van der Waals surface area contributed by atoms with Gasteiger partial charge in [0.1, 0.15) is 11.5 Å². The zero-order valence-electron chi connectivity index (χ0n) is 23.7. The lowest BCUT2D eigenvalue weighted by Crippen LogP contribution is -2.41. The first kappa shape index (κ1) is 31.2. The molecule has 1 atom stereocenters. The summed E-state index contributed by atoms with van der Waals surface area (Å²) in [5.41, 5.74) is 3.39. The number of nitrogens with two attached hydrogens (primary N) is 1. The lowest BCUT2D eigenvalue weighted by molar-refractivity contribution is -0.128. The van der Waals surface area contributed by atoms with Crippen LogP contribution in [0.2, 0.25) is 10.0 Å². The van der Waals surface area contributed by atoms with Gasteiger partial charge in [-0.3, -0.25) is 14.6 Å². The molecule has 1 aliphatic heterocycles. The normalized spacial score (nSPS) is 14.7. The van der Waals surface area contributed by atoms with Gasteiger partial charge in [0.25, 0.3) is 5.91 Å². The first-order valence-electron chi connectivity index (χ1n) is 13.4. The fourth-order valence-electron chi connectivity index (χ4n) is 4.89. The van der Waals surface area contributed by atoms with E-state index in [2.05, 4.69) is 10.3 Å². The second kappa shape index (κ2) is 12.8. The summed E-state index contributed by atoms with van der Waals surface area (Å²) in [6.07, 6.45) is 3.46. The molecule has 3 heterocycles. The smallest absolute Gasteiger partial charge is 0.272 e. The van der Waals surface area contributed by atoms with E-state index in [1.165, 1.54) is 4.90 Å². The van der Waals surface area contributed by atoms with Gasteiger partial charge in [-0.15, -0.1) is 0 Å². The molecule has 11 nitrogen and oxygen atoms in total. The molecule has 0 bridgehead atoms. The molecule has 1 aliphatic rings. The van der Waals surface area contributed by atoms with E-state index in [1.54, 1.807) is 67.4 Å². The third-order valence-corrected chi connectivity index (χ3v) is 8.15. The highest BCUT2D eigenvalue weighted by atomic mass is 35.5. The molecule has 0 unspecified atom stereocenters. The highest BCUT2D eigenvalue weighted by molar-refractivity contribution is 7.89. The summed E-state index contributed by atoms with van der Waals surface area (Å²) in [4.78, 5) is 32.6. The third kappa shape index (κ3) is 6.94. The molecule has 4 aromatic rings. The van der Waals surface area contributed by atoms with Gasteiger partial charge < -0.3 is 15.0 Å². The number of fused-ring (bicyclic) bond motifs is 1. The molecule has 44 heavy (non-hydrogen) atoms. The minimum atomic E-state index is -4.12. The zero-order chi connectivity index (χ0) is 31.6. The molecule has 0 saturated carbocycles. The number of hydrogen-bond acceptors (Lipinski definition) is 7. The maximum atomic E-state index is 13.8. The summed E-state index contributed by atoms with van der Waals surface area (Å²) in [6, 6.07) is 17.0. The van der Waals surface area contributed by atoms with Crippen LogP contribution in [0.4, 0.5) is 0 Å². The Kier molecular flexibility index (Phi) is 9.07. The number of carbonyl (C=O) groups is 2. The van der Waals surface area contributed by atoms with Gasteiger partial charge in [0.05, 0.1) is 41.8 Å². The second-order valence-corrected chi connectivity index (χ2v) is 12.6. The number of nitrogens with one attached hydrogen (secondary N) is 1. The Morgan fingerprint density at radius 1 is 1.11 bits per heavy atom. The van der Waals surface area contributed by atoms with Crippen LogP contribution >= 0.6 is 23.2 Å². The van der Waals surface area contributed by atoms with Crippen molar-refractivity contribution in [2.45, 2.75) is 19.5 Å². The van der Waals surface area contributed by atoms with Gasteiger partial charge in [0.2, 0.25) is 15.9 Å². The largest absolute Gasteiger partial charge is 0.497 e. The minimum Gasteiger partial charge on any atom is -0.497 e. The van der Waals surface area contributed by atoms with Crippen LogP contribution in [-0.4, -0.2) is 59.3 Å². The maximum Gasteiger partial charge on any atom is 0.272 e. The zero-order valence-corrected chi connectivity index (χ0v) is 26.0. The van der Waals surface area contributed by atoms with Gasteiger partial charge in [0.15, 0.2) is 5.69 Å². The fourth-order valence-corrected chi connectivity index (χ4v) is 5.91. The van der Waals surface area contributed by atoms with Crippen molar-refractivity contribution in [3.63, 3.8) is 0 Å². The lowest BCUT2D eigenvalue weighted by Gasteiger charge is -2.30. The van der Waals surface area contributed by atoms with E-state index in [9.17, 15) is 18.0 Å². The van der Waals surface area contributed by atoms with Crippen LogP contribution in [0, 0.1) is 0 Å². The first-order valence-corrected chi connectivity index (χ1v) is 15.8. The van der Waals surface area contributed by atoms with Crippen molar-refractivity contribution in [2.75, 3.05) is 19.4 Å². The van der Waals surface area contributed by atoms with Crippen LogP contribution in [0.15, 0.2) is 66.9 Å². The number of hydrogen-bond donors (Lipinski definition) is 2. The molecule has 228 valence electrons. The Hall–Kier alpha value is -4.23. The lowest BCUT2D eigenvalue weighted by atomic mass is 9.97. The Balaban J connectivity index is 1.68. The van der Waals surface area contributed by atoms with Crippen LogP contribution in [-0.2, 0) is 21.4 Å². The summed E-state index contributed by atoms with van der Waals surface area (Å²) in [6.45, 7) is 1.70. The van der Waals surface area contributed by atoms with Crippen molar-refractivity contribution in [1.29, 1.82) is 0 Å². The summed E-state index contributed by atoms with van der Waals surface area (Å²) in [5.74, 6) is -1.48. The first-order chi connectivity index (χ1) is 20.9. The number of amides is 2. The van der Waals surface area contributed by atoms with Crippen molar-refractivity contribution in [2.24, 2.45) is 5.14 Å². The van der Waals surface area contributed by atoms with Crippen molar-refractivity contribution < 1.29 is 22.7 Å². The number of primary sulfonamides is 1. The molecule has 0 saturated heterocycles. The van der Waals surface area contributed by atoms with E-state index in [-0.39, 0.29) is 23.8 Å². The summed E-state index contributed by atoms with van der Waals surface area (Å²) < 4.78 is 30.5. The Bertz CT molecular complexity index is 1860. The van der Waals surface area contributed by atoms with Gasteiger partial charge >= 0.3 is 0 Å². The van der Waals surface area contributed by atoms with Crippen molar-refractivity contribution >= 4 is 56.7 Å². The van der Waals surface area contributed by atoms with E-state index in [0.29, 0.717) is 39.0 Å². The number of pyridine rings is 1. The average Bonchev–Trinajstić information content (AvgIpc) is 3.37. The Labute approximate surface area is 264 Å². The molecule has 0 fully saturated rings. The number of halogens is 2. The van der Waals surface area contributed by atoms with E-state index >= 15 is 0 Å². The number of nitrogens with zero attached hydrogens (tertiary/aromatic N) is 4. The maximum absolute atomic E-state index is 13.8. The monoisotopic (exact) mass is 654 g/mol. The minimum absolute atomic E-state index is 0.00960. The van der Waals surface area contributed by atoms with Crippen LogP contribution < -0.4 is 15.2 Å². The number of rotatable bonds is 8. The quantitative estimate of drug-likeness (QED) is 0.288. The molecule has 0 spiro atoms. The summed E-state index contributed by atoms with van der Waals surface area (Å²) in [5, 5.41) is 13.5. The van der Waals surface area contributed by atoms with Gasteiger partial charge in [0, 0.05) is 23.3 Å². The number of carbonyl (C=O) groups excluding carboxylic acids is 2. The molecule has 2 aromatic heterocycles. The highest BCUT2D eigenvalue weighted by Gasteiger charge is 2.35. The van der Waals surface area contributed by atoms with Gasteiger partial charge in [-0.05, 0) is 66.6 Å². The predicted molar refractivity (Wildman–Crippen MR) is 168 cm³/mol. The van der Waals surface area contributed by atoms with Crippen LogP contribution in [0.25, 0.3) is 17.3 Å². The van der Waals surface area contributed by atoms with Gasteiger partial charge in [-0.25, -0.2) is 18.2 Å². The topological polar surface area (TPSA) is 150 Å². The van der Waals surface area contributed by atoms with E-state index in [0.717, 1.165) is 5.56 Å². The SMILES string of the molecule is COc1ccc(/C=C2\CN(C(=O)CS(N)(=O)=O)Cc3c(C(=O)N[C@H](C)c4ccccn4)nn(-c4ccc(Cl)cc4Cl)c32)cc1. The van der Waals surface area contributed by atoms with E-state index in [1.807, 2.05) is 24.3 Å². The van der Waals surface area contributed by atoms with Crippen LogP contribution in [0.3, 0.4) is 0 Å². The van der Waals surface area contributed by atoms with E-state index in [4.69, 9.17) is 38.2 Å². The third-order valence-electron chi connectivity index (χ3n) is 6.96. The summed E-state index contributed by atoms with van der Waals surface area (Å²) >= 11 is 12.8. The van der Waals surface area contributed by atoms with E-state index < -0.39 is 33.6 Å². The van der Waals surface area contributed by atoms with Gasteiger partial charge in [-0.1, -0.05) is 41.4 Å². The molecule has 3 N–H and O–H groups in total. The number of sulfonamides is 1. The number of benzene rings is 2. The number of ether oxygens (including phenoxy) is 1. The van der Waals surface area contributed by atoms with Gasteiger partial charge in [-0.2, -0.15) is 5.10 Å². The van der Waals surface area contributed by atoms with Crippen LogP contribution in [0.5, 0.6) is 5.75 Å². The van der Waals surface area contributed by atoms with Crippen LogP contribution in [0.1, 0.15) is 46.0 Å². The molecular weight excluding hydrogens is 627 g/mol. The predicted octanol–water partition coefficient (Wildman–Crippen LogP) is 4.25. The number of methoxy groups -OCH3 is 1. The summed E-state index contributed by atoms with van der Waals surface area (Å²) in [7, 11) is -2.56. The molecule has 2 aromatic carbocycles. The highest BCUT2D eigenvalue weighted by Crippen LogP contribution is 2.36. The molecule has 0 aliphatic carbocycles. The van der Waals surface area contributed by atoms with Crippen molar-refractivity contribution in [1.82, 2.24) is 25.0 Å². The molecular formula is C30H28Cl2N6O5S.